The molecule has 1 atom stereocenters. The lowest BCUT2D eigenvalue weighted by Crippen LogP contribution is -2.11. The molecule has 0 radical (unpaired) electrons. The SMILES string of the molecule is COc1c(Br)ccc(C)c1C(C)CN. The van der Waals surface area contributed by atoms with Gasteiger partial charge in [-0.25, -0.2) is 0 Å². The first-order valence-electron chi connectivity index (χ1n) is 4.64. The lowest BCUT2D eigenvalue weighted by atomic mass is 9.95. The summed E-state index contributed by atoms with van der Waals surface area (Å²) in [7, 11) is 1.69. The minimum Gasteiger partial charge on any atom is -0.495 e. The van der Waals surface area contributed by atoms with E-state index < -0.39 is 0 Å². The van der Waals surface area contributed by atoms with E-state index in [1.54, 1.807) is 7.11 Å². The van der Waals surface area contributed by atoms with Gasteiger partial charge in [-0.3, -0.25) is 0 Å². The highest BCUT2D eigenvalue weighted by molar-refractivity contribution is 9.10. The fraction of sp³-hybridized carbons (Fsp3) is 0.455. The summed E-state index contributed by atoms with van der Waals surface area (Å²) in [6, 6.07) is 4.08. The molecule has 0 aliphatic rings. The quantitative estimate of drug-likeness (QED) is 0.904. The van der Waals surface area contributed by atoms with Crippen molar-refractivity contribution in [2.24, 2.45) is 5.73 Å². The van der Waals surface area contributed by atoms with Crippen molar-refractivity contribution in [2.75, 3.05) is 13.7 Å². The van der Waals surface area contributed by atoms with E-state index in [0.717, 1.165) is 10.2 Å². The number of hydrogen-bond donors (Lipinski definition) is 1. The van der Waals surface area contributed by atoms with Crippen molar-refractivity contribution in [3.05, 3.63) is 27.7 Å². The molecule has 0 fully saturated rings. The van der Waals surface area contributed by atoms with Crippen LogP contribution in [0.5, 0.6) is 5.75 Å². The van der Waals surface area contributed by atoms with E-state index >= 15 is 0 Å². The van der Waals surface area contributed by atoms with Crippen molar-refractivity contribution in [2.45, 2.75) is 19.8 Å². The zero-order valence-corrected chi connectivity index (χ0v) is 10.4. The molecule has 14 heavy (non-hydrogen) atoms. The number of benzene rings is 1. The highest BCUT2D eigenvalue weighted by Gasteiger charge is 2.15. The Labute approximate surface area is 93.6 Å². The van der Waals surface area contributed by atoms with Crippen LogP contribution in [0.15, 0.2) is 16.6 Å². The molecule has 0 bridgehead atoms. The van der Waals surface area contributed by atoms with Gasteiger partial charge in [0.15, 0.2) is 0 Å². The van der Waals surface area contributed by atoms with E-state index in [0.29, 0.717) is 12.5 Å². The van der Waals surface area contributed by atoms with Crippen molar-refractivity contribution in [1.29, 1.82) is 0 Å². The number of rotatable bonds is 3. The lowest BCUT2D eigenvalue weighted by Gasteiger charge is -2.17. The molecule has 0 amide bonds. The molecule has 0 saturated carbocycles. The molecule has 1 aromatic carbocycles. The van der Waals surface area contributed by atoms with Crippen LogP contribution in [0.2, 0.25) is 0 Å². The van der Waals surface area contributed by atoms with E-state index in [-0.39, 0.29) is 0 Å². The Hall–Kier alpha value is -0.540. The number of aryl methyl sites for hydroxylation is 1. The van der Waals surface area contributed by atoms with E-state index in [9.17, 15) is 0 Å². The average molecular weight is 258 g/mol. The topological polar surface area (TPSA) is 35.2 Å². The van der Waals surface area contributed by atoms with Gasteiger partial charge in [0.1, 0.15) is 5.75 Å². The molecule has 1 unspecified atom stereocenters. The first-order chi connectivity index (χ1) is 6.61. The third-order valence-electron chi connectivity index (χ3n) is 2.42. The predicted octanol–water partition coefficient (Wildman–Crippen LogP) is 2.83. The van der Waals surface area contributed by atoms with E-state index in [1.807, 2.05) is 6.07 Å². The van der Waals surface area contributed by atoms with Gasteiger partial charge in [-0.15, -0.1) is 0 Å². The Morgan fingerprint density at radius 1 is 1.50 bits per heavy atom. The van der Waals surface area contributed by atoms with Crippen LogP contribution in [0.1, 0.15) is 24.0 Å². The summed E-state index contributed by atoms with van der Waals surface area (Å²) < 4.78 is 6.36. The molecule has 0 aliphatic carbocycles. The highest BCUT2D eigenvalue weighted by Crippen LogP contribution is 2.35. The van der Waals surface area contributed by atoms with Gasteiger partial charge >= 0.3 is 0 Å². The number of hydrogen-bond acceptors (Lipinski definition) is 2. The van der Waals surface area contributed by atoms with Gasteiger partial charge in [0, 0.05) is 5.56 Å². The van der Waals surface area contributed by atoms with Crippen LogP contribution in [0, 0.1) is 6.92 Å². The van der Waals surface area contributed by atoms with Crippen LogP contribution in [-0.4, -0.2) is 13.7 Å². The molecule has 0 aliphatic heterocycles. The van der Waals surface area contributed by atoms with Gasteiger partial charge in [0.2, 0.25) is 0 Å². The molecule has 0 saturated heterocycles. The van der Waals surface area contributed by atoms with Crippen LogP contribution >= 0.6 is 15.9 Å². The molecule has 1 aromatic rings. The van der Waals surface area contributed by atoms with Gasteiger partial charge < -0.3 is 10.5 Å². The van der Waals surface area contributed by atoms with Crippen molar-refractivity contribution in [1.82, 2.24) is 0 Å². The minimum absolute atomic E-state index is 0.322. The second-order valence-corrected chi connectivity index (χ2v) is 4.30. The average Bonchev–Trinajstić information content (AvgIpc) is 2.19. The molecule has 0 heterocycles. The van der Waals surface area contributed by atoms with Crippen molar-refractivity contribution < 1.29 is 4.74 Å². The van der Waals surface area contributed by atoms with Crippen LogP contribution in [-0.2, 0) is 0 Å². The van der Waals surface area contributed by atoms with E-state index in [1.165, 1.54) is 11.1 Å². The second-order valence-electron chi connectivity index (χ2n) is 3.45. The first kappa shape index (κ1) is 11.5. The fourth-order valence-electron chi connectivity index (χ4n) is 1.61. The van der Waals surface area contributed by atoms with Gasteiger partial charge in [-0.1, -0.05) is 13.0 Å². The lowest BCUT2D eigenvalue weighted by molar-refractivity contribution is 0.403. The number of ether oxygens (including phenoxy) is 1. The van der Waals surface area contributed by atoms with Gasteiger partial charge in [0.25, 0.3) is 0 Å². The molecule has 78 valence electrons. The molecular weight excluding hydrogens is 242 g/mol. The molecular formula is C11H16BrNO. The van der Waals surface area contributed by atoms with E-state index in [2.05, 4.69) is 35.8 Å². The molecule has 2 nitrogen and oxygen atoms in total. The Balaban J connectivity index is 3.29. The summed E-state index contributed by atoms with van der Waals surface area (Å²) in [4.78, 5) is 0. The summed E-state index contributed by atoms with van der Waals surface area (Å²) in [5.41, 5.74) is 8.10. The maximum atomic E-state index is 5.68. The molecule has 3 heteroatoms. The smallest absolute Gasteiger partial charge is 0.136 e. The van der Waals surface area contributed by atoms with Crippen molar-refractivity contribution >= 4 is 15.9 Å². The molecule has 0 aromatic heterocycles. The second kappa shape index (κ2) is 4.80. The number of halogens is 1. The molecule has 0 spiro atoms. The van der Waals surface area contributed by atoms with E-state index in [4.69, 9.17) is 10.5 Å². The maximum Gasteiger partial charge on any atom is 0.136 e. The van der Waals surface area contributed by atoms with Crippen LogP contribution in [0.4, 0.5) is 0 Å². The Morgan fingerprint density at radius 2 is 2.14 bits per heavy atom. The van der Waals surface area contributed by atoms with Crippen LogP contribution < -0.4 is 10.5 Å². The third kappa shape index (κ3) is 2.10. The number of methoxy groups -OCH3 is 1. The van der Waals surface area contributed by atoms with Crippen LogP contribution in [0.25, 0.3) is 0 Å². The summed E-state index contributed by atoms with van der Waals surface area (Å²) in [6.07, 6.45) is 0. The summed E-state index contributed by atoms with van der Waals surface area (Å²) in [5.74, 6) is 1.23. The largest absolute Gasteiger partial charge is 0.495 e. The maximum absolute atomic E-state index is 5.68. The van der Waals surface area contributed by atoms with Crippen molar-refractivity contribution in [3.63, 3.8) is 0 Å². The van der Waals surface area contributed by atoms with Crippen molar-refractivity contribution in [3.8, 4) is 5.75 Å². The Bertz CT molecular complexity index is 325. The number of nitrogens with two attached hydrogens (primary N) is 1. The first-order valence-corrected chi connectivity index (χ1v) is 5.44. The fourth-order valence-corrected chi connectivity index (χ4v) is 2.12. The Morgan fingerprint density at radius 3 is 2.64 bits per heavy atom. The summed E-state index contributed by atoms with van der Waals surface area (Å²) >= 11 is 3.47. The zero-order chi connectivity index (χ0) is 10.7. The zero-order valence-electron chi connectivity index (χ0n) is 8.80. The standard InChI is InChI=1S/C11H16BrNO/c1-7-4-5-9(12)11(14-3)10(7)8(2)6-13/h4-5,8H,6,13H2,1-3H3. The predicted molar refractivity (Wildman–Crippen MR) is 62.9 cm³/mol. The van der Waals surface area contributed by atoms with Gasteiger partial charge in [-0.2, -0.15) is 0 Å². The Kier molecular flexibility index (Phi) is 3.96. The van der Waals surface area contributed by atoms with Gasteiger partial charge in [-0.05, 0) is 46.9 Å². The third-order valence-corrected chi connectivity index (χ3v) is 3.04. The monoisotopic (exact) mass is 257 g/mol. The summed E-state index contributed by atoms with van der Waals surface area (Å²) in [6.45, 7) is 4.82. The van der Waals surface area contributed by atoms with Gasteiger partial charge in [0.05, 0.1) is 11.6 Å². The molecule has 1 rings (SSSR count). The minimum atomic E-state index is 0.322. The highest BCUT2D eigenvalue weighted by atomic mass is 79.9. The molecule has 2 N–H and O–H groups in total. The summed E-state index contributed by atoms with van der Waals surface area (Å²) in [5, 5.41) is 0. The normalized spacial score (nSPS) is 12.6. The van der Waals surface area contributed by atoms with Crippen LogP contribution in [0.3, 0.4) is 0 Å².